The van der Waals surface area contributed by atoms with E-state index in [9.17, 15) is 0 Å². The Morgan fingerprint density at radius 3 is 2.10 bits per heavy atom. The van der Waals surface area contributed by atoms with Crippen LogP contribution in [0.3, 0.4) is 0 Å². The van der Waals surface area contributed by atoms with Crippen LogP contribution in [0.1, 0.15) is 13.8 Å². The zero-order chi connectivity index (χ0) is 8.20. The Morgan fingerprint density at radius 2 is 1.80 bits per heavy atom. The molecule has 0 amide bonds. The number of hydrogen-bond donors (Lipinski definition) is 1. The average molecular weight is 177 g/mol. The van der Waals surface area contributed by atoms with Crippen LogP contribution in [0.15, 0.2) is 0 Å². The lowest BCUT2D eigenvalue weighted by molar-refractivity contribution is 0.562. The topological polar surface area (TPSA) is 21.3 Å². The highest BCUT2D eigenvalue weighted by Gasteiger charge is 2.12. The Hall–Kier alpha value is 0.354. The Bertz CT molecular complexity index is 90.2. The molecule has 0 aliphatic rings. The van der Waals surface area contributed by atoms with Crippen molar-refractivity contribution in [3.8, 4) is 0 Å². The molecule has 0 saturated carbocycles. The molecule has 0 aromatic heterocycles. The van der Waals surface area contributed by atoms with Crippen molar-refractivity contribution in [1.82, 2.24) is 4.98 Å². The van der Waals surface area contributed by atoms with Crippen molar-refractivity contribution in [2.75, 3.05) is 0 Å². The van der Waals surface area contributed by atoms with Gasteiger partial charge in [0.2, 0.25) is 9.92 Å². The lowest BCUT2D eigenvalue weighted by Crippen LogP contribution is -2.37. The predicted octanol–water partition coefficient (Wildman–Crippen LogP) is 0.835. The van der Waals surface area contributed by atoms with E-state index >= 15 is 0 Å². The third-order valence-corrected chi connectivity index (χ3v) is 6.02. The van der Waals surface area contributed by atoms with Crippen molar-refractivity contribution < 1.29 is 4.12 Å². The van der Waals surface area contributed by atoms with Gasteiger partial charge in [0.05, 0.1) is 0 Å². The maximum atomic E-state index is 5.71. The molecule has 0 rings (SSSR count). The highest BCUT2D eigenvalue weighted by Crippen LogP contribution is 1.99. The summed E-state index contributed by atoms with van der Waals surface area (Å²) in [5.74, 6) is 0. The minimum Gasteiger partial charge on any atom is -0.449 e. The van der Waals surface area contributed by atoms with Gasteiger partial charge in [0, 0.05) is 0 Å². The summed E-state index contributed by atoms with van der Waals surface area (Å²) in [6.07, 6.45) is 0. The predicted molar refractivity (Wildman–Crippen MR) is 51.2 cm³/mol. The van der Waals surface area contributed by atoms with E-state index in [1.807, 2.05) is 0 Å². The highest BCUT2D eigenvalue weighted by atomic mass is 28.4. The maximum Gasteiger partial charge on any atom is 0.224 e. The molecule has 0 fully saturated rings. The third kappa shape index (κ3) is 8.35. The van der Waals surface area contributed by atoms with E-state index in [0.29, 0.717) is 6.04 Å². The molecule has 62 valence electrons. The van der Waals surface area contributed by atoms with E-state index in [4.69, 9.17) is 4.12 Å². The van der Waals surface area contributed by atoms with Crippen LogP contribution < -0.4 is 4.98 Å². The van der Waals surface area contributed by atoms with E-state index < -0.39 is 18.2 Å². The molecule has 0 radical (unpaired) electrons. The first-order chi connectivity index (χ1) is 4.42. The van der Waals surface area contributed by atoms with Gasteiger partial charge in [-0.25, -0.2) is 0 Å². The smallest absolute Gasteiger partial charge is 0.224 e. The number of nitrogens with one attached hydrogen (secondary N) is 1. The van der Waals surface area contributed by atoms with Gasteiger partial charge in [-0.15, -0.1) is 0 Å². The molecule has 1 N–H and O–H groups in total. The van der Waals surface area contributed by atoms with Crippen LogP contribution in [-0.2, 0) is 4.12 Å². The molecular formula is C6H19NOSi2. The lowest BCUT2D eigenvalue weighted by Gasteiger charge is -2.18. The summed E-state index contributed by atoms with van der Waals surface area (Å²) >= 11 is 0. The summed E-state index contributed by atoms with van der Waals surface area (Å²) in [6, 6.07) is 0.586. The Balaban J connectivity index is 3.21. The van der Waals surface area contributed by atoms with Gasteiger partial charge in [0.1, 0.15) is 0 Å². The second-order valence-electron chi connectivity index (χ2n) is 3.76. The standard InChI is InChI=1S/C6H19NOSi2/c1-6(2)7-9-8-10(3,4)5/h6-7H,9H2,1-5H3. The normalized spacial score (nSPS) is 13.8. The SMILES string of the molecule is CC(C)N[SiH2]O[Si](C)(C)C. The summed E-state index contributed by atoms with van der Waals surface area (Å²) in [5.41, 5.74) is 0. The molecule has 0 aromatic rings. The molecule has 0 bridgehead atoms. The van der Waals surface area contributed by atoms with Gasteiger partial charge < -0.3 is 9.10 Å². The first kappa shape index (κ1) is 10.4. The van der Waals surface area contributed by atoms with Crippen molar-refractivity contribution >= 4 is 18.2 Å². The number of rotatable bonds is 4. The molecule has 0 unspecified atom stereocenters. The van der Waals surface area contributed by atoms with Gasteiger partial charge in [-0.1, -0.05) is 13.8 Å². The zero-order valence-corrected chi connectivity index (χ0v) is 10.1. The second kappa shape index (κ2) is 4.28. The first-order valence-corrected chi connectivity index (χ1v) is 8.48. The monoisotopic (exact) mass is 177 g/mol. The first-order valence-electron chi connectivity index (χ1n) is 3.79. The number of hydrogen-bond acceptors (Lipinski definition) is 2. The minimum atomic E-state index is -1.22. The summed E-state index contributed by atoms with van der Waals surface area (Å²) in [4.78, 5) is 3.35. The largest absolute Gasteiger partial charge is 0.449 e. The van der Waals surface area contributed by atoms with Gasteiger partial charge in [-0.05, 0) is 25.7 Å². The summed E-state index contributed by atoms with van der Waals surface area (Å²) in [7, 11) is -1.65. The van der Waals surface area contributed by atoms with E-state index in [2.05, 4.69) is 38.5 Å². The van der Waals surface area contributed by atoms with Crippen molar-refractivity contribution in [3.05, 3.63) is 0 Å². The molecule has 2 nitrogen and oxygen atoms in total. The van der Waals surface area contributed by atoms with Crippen molar-refractivity contribution in [2.45, 2.75) is 39.5 Å². The van der Waals surface area contributed by atoms with Crippen LogP contribution in [0.2, 0.25) is 19.6 Å². The molecule has 0 aromatic carbocycles. The van der Waals surface area contributed by atoms with Crippen LogP contribution in [-0.4, -0.2) is 24.3 Å². The minimum absolute atomic E-state index is 0.429. The molecule has 10 heavy (non-hydrogen) atoms. The molecule has 0 aliphatic carbocycles. The van der Waals surface area contributed by atoms with E-state index in [1.54, 1.807) is 0 Å². The van der Waals surface area contributed by atoms with Crippen molar-refractivity contribution in [2.24, 2.45) is 0 Å². The Morgan fingerprint density at radius 1 is 1.30 bits per heavy atom. The zero-order valence-electron chi connectivity index (χ0n) is 7.69. The Kier molecular flexibility index (Phi) is 4.43. The Labute approximate surface area is 67.5 Å². The molecular weight excluding hydrogens is 158 g/mol. The average Bonchev–Trinajstić information content (AvgIpc) is 1.59. The quantitative estimate of drug-likeness (QED) is 0.643. The highest BCUT2D eigenvalue weighted by molar-refractivity contribution is 6.73. The summed E-state index contributed by atoms with van der Waals surface area (Å²) < 4.78 is 5.71. The van der Waals surface area contributed by atoms with E-state index in [0.717, 1.165) is 0 Å². The summed E-state index contributed by atoms with van der Waals surface area (Å²) in [5, 5.41) is 0. The van der Waals surface area contributed by atoms with Crippen molar-refractivity contribution in [1.29, 1.82) is 0 Å². The molecule has 0 atom stereocenters. The lowest BCUT2D eigenvalue weighted by atomic mass is 10.4. The van der Waals surface area contributed by atoms with Crippen LogP contribution in [0, 0.1) is 0 Å². The van der Waals surface area contributed by atoms with Crippen LogP contribution >= 0.6 is 0 Å². The van der Waals surface area contributed by atoms with Crippen LogP contribution in [0.4, 0.5) is 0 Å². The fourth-order valence-corrected chi connectivity index (χ4v) is 2.82. The molecule has 0 saturated heterocycles. The van der Waals surface area contributed by atoms with Crippen LogP contribution in [0.5, 0.6) is 0 Å². The van der Waals surface area contributed by atoms with Gasteiger partial charge in [-0.2, -0.15) is 0 Å². The van der Waals surface area contributed by atoms with Gasteiger partial charge in [0.15, 0.2) is 8.32 Å². The second-order valence-corrected chi connectivity index (χ2v) is 9.84. The molecule has 0 heterocycles. The fraction of sp³-hybridized carbons (Fsp3) is 1.00. The maximum absolute atomic E-state index is 5.71. The van der Waals surface area contributed by atoms with E-state index in [-0.39, 0.29) is 0 Å². The molecule has 4 heteroatoms. The summed E-state index contributed by atoms with van der Waals surface area (Å²) in [6.45, 7) is 11.0. The fourth-order valence-electron chi connectivity index (χ4n) is 0.425. The van der Waals surface area contributed by atoms with Crippen LogP contribution in [0.25, 0.3) is 0 Å². The van der Waals surface area contributed by atoms with Gasteiger partial charge >= 0.3 is 0 Å². The molecule has 0 spiro atoms. The van der Waals surface area contributed by atoms with Gasteiger partial charge in [0.25, 0.3) is 0 Å². The third-order valence-electron chi connectivity index (χ3n) is 0.997. The van der Waals surface area contributed by atoms with Crippen molar-refractivity contribution in [3.63, 3.8) is 0 Å². The molecule has 0 aliphatic heterocycles. The van der Waals surface area contributed by atoms with E-state index in [1.165, 1.54) is 0 Å². The van der Waals surface area contributed by atoms with Gasteiger partial charge in [-0.3, -0.25) is 0 Å².